The summed E-state index contributed by atoms with van der Waals surface area (Å²) >= 11 is 0. The van der Waals surface area contributed by atoms with Crippen LogP contribution in [0.1, 0.15) is 10.4 Å². The van der Waals surface area contributed by atoms with E-state index < -0.39 is 24.0 Å². The summed E-state index contributed by atoms with van der Waals surface area (Å²) in [6.07, 6.45) is 1.01. The summed E-state index contributed by atoms with van der Waals surface area (Å²) in [6.45, 7) is -0.419. The van der Waals surface area contributed by atoms with Crippen molar-refractivity contribution in [3.8, 4) is 0 Å². The number of hydrogen-bond donors (Lipinski definition) is 2. The molecule has 108 valence electrons. The molecule has 1 amide bonds. The molecular weight excluding hydrogens is 276 g/mol. The first kappa shape index (κ1) is 14.3. The second-order valence-electron chi connectivity index (χ2n) is 4.07. The Balaban J connectivity index is 1.99. The van der Waals surface area contributed by atoms with Gasteiger partial charge in [0.15, 0.2) is 6.61 Å². The van der Waals surface area contributed by atoms with Crippen molar-refractivity contribution in [2.24, 2.45) is 0 Å². The zero-order chi connectivity index (χ0) is 15.2. The van der Waals surface area contributed by atoms with Gasteiger partial charge in [0.2, 0.25) is 0 Å². The maximum Gasteiger partial charge on any atom is 0.337 e. The van der Waals surface area contributed by atoms with Crippen molar-refractivity contribution in [2.45, 2.75) is 0 Å². The van der Waals surface area contributed by atoms with Crippen LogP contribution >= 0.6 is 0 Å². The minimum absolute atomic E-state index is 0.113. The molecule has 0 unspecified atom stereocenters. The van der Waals surface area contributed by atoms with Crippen LogP contribution in [0, 0.1) is 0 Å². The lowest BCUT2D eigenvalue weighted by Crippen LogP contribution is -2.32. The summed E-state index contributed by atoms with van der Waals surface area (Å²) in [5.41, 5.74) is -0.0803. The van der Waals surface area contributed by atoms with Crippen LogP contribution in [-0.4, -0.2) is 28.3 Å². The number of carbonyl (C=O) groups is 2. The highest BCUT2D eigenvalue weighted by Crippen LogP contribution is 2.04. The Labute approximate surface area is 119 Å². The highest BCUT2D eigenvalue weighted by Gasteiger charge is 2.08. The lowest BCUT2D eigenvalue weighted by atomic mass is 10.3. The van der Waals surface area contributed by atoms with Gasteiger partial charge in [0.05, 0.1) is 11.8 Å². The Morgan fingerprint density at radius 1 is 1.14 bits per heavy atom. The molecule has 0 saturated carbocycles. The smallest absolute Gasteiger partial charge is 0.337 e. The van der Waals surface area contributed by atoms with Gasteiger partial charge in [-0.25, -0.2) is 4.79 Å². The molecule has 2 aromatic rings. The first-order valence-corrected chi connectivity index (χ1v) is 6.00. The number of carboxylic acids is 1. The number of pyridine rings is 1. The van der Waals surface area contributed by atoms with E-state index in [9.17, 15) is 14.4 Å². The number of aromatic nitrogens is 1. The normalized spacial score (nSPS) is 9.90. The van der Waals surface area contributed by atoms with Crippen molar-refractivity contribution in [3.05, 3.63) is 64.6 Å². The van der Waals surface area contributed by atoms with Crippen LogP contribution in [0.15, 0.2) is 53.5 Å². The number of amides is 1. The second kappa shape index (κ2) is 6.38. The topological polar surface area (TPSA) is 97.6 Å². The Morgan fingerprint density at radius 3 is 2.52 bits per heavy atom. The molecule has 0 radical (unpaired) electrons. The largest absolute Gasteiger partial charge is 0.478 e. The average Bonchev–Trinajstić information content (AvgIpc) is 2.47. The number of benzene rings is 1. The lowest BCUT2D eigenvalue weighted by Gasteiger charge is -2.09. The molecule has 21 heavy (non-hydrogen) atoms. The third kappa shape index (κ3) is 3.93. The van der Waals surface area contributed by atoms with E-state index in [2.05, 4.69) is 5.32 Å². The molecule has 7 heteroatoms. The molecular formula is C14H12N2O5. The number of rotatable bonds is 5. The maximum absolute atomic E-state index is 11.6. The number of carboxylic acid groups (broad SMARTS) is 1. The summed E-state index contributed by atoms with van der Waals surface area (Å²) in [5.74, 6) is -1.66. The third-order valence-corrected chi connectivity index (χ3v) is 2.52. The van der Waals surface area contributed by atoms with E-state index in [4.69, 9.17) is 9.94 Å². The van der Waals surface area contributed by atoms with Crippen molar-refractivity contribution < 1.29 is 19.5 Å². The molecule has 0 aliphatic heterocycles. The number of carbonyl (C=O) groups excluding carboxylic acids is 1. The van der Waals surface area contributed by atoms with E-state index >= 15 is 0 Å². The molecule has 1 aromatic heterocycles. The standard InChI is InChI=1S/C14H12N2O5/c17-12(15-11-4-2-1-3-5-11)9-21-16-8-10(14(19)20)6-7-13(16)18/h1-8H,9H2,(H,15,17)(H,19,20). The van der Waals surface area contributed by atoms with Gasteiger partial charge < -0.3 is 15.3 Å². The molecule has 0 saturated heterocycles. The molecule has 0 aliphatic carbocycles. The summed E-state index contributed by atoms with van der Waals surface area (Å²) in [7, 11) is 0. The van der Waals surface area contributed by atoms with Crippen molar-refractivity contribution in [1.29, 1.82) is 0 Å². The van der Waals surface area contributed by atoms with Crippen LogP contribution in [0.4, 0.5) is 5.69 Å². The fourth-order valence-corrected chi connectivity index (χ4v) is 1.54. The number of anilines is 1. The molecule has 0 fully saturated rings. The zero-order valence-electron chi connectivity index (χ0n) is 10.9. The number of para-hydroxylation sites is 1. The summed E-state index contributed by atoms with van der Waals surface area (Å²) in [5, 5.41) is 11.4. The van der Waals surface area contributed by atoms with Crippen LogP contribution in [-0.2, 0) is 4.79 Å². The van der Waals surface area contributed by atoms with Crippen molar-refractivity contribution >= 4 is 17.6 Å². The minimum Gasteiger partial charge on any atom is -0.478 e. The third-order valence-electron chi connectivity index (χ3n) is 2.52. The predicted molar refractivity (Wildman–Crippen MR) is 74.2 cm³/mol. The SMILES string of the molecule is O=C(COn1cc(C(=O)O)ccc1=O)Nc1ccccc1. The molecule has 0 aliphatic rings. The Morgan fingerprint density at radius 2 is 1.86 bits per heavy atom. The van der Waals surface area contributed by atoms with E-state index in [-0.39, 0.29) is 5.56 Å². The number of nitrogens with one attached hydrogen (secondary N) is 1. The quantitative estimate of drug-likeness (QED) is 0.840. The Kier molecular flexibility index (Phi) is 4.35. The van der Waals surface area contributed by atoms with Crippen molar-refractivity contribution in [2.75, 3.05) is 11.9 Å². The number of aromatic carboxylic acids is 1. The molecule has 1 aromatic carbocycles. The first-order chi connectivity index (χ1) is 10.1. The second-order valence-corrected chi connectivity index (χ2v) is 4.07. The van der Waals surface area contributed by atoms with Gasteiger partial charge in [-0.15, -0.1) is 0 Å². The summed E-state index contributed by atoms with van der Waals surface area (Å²) in [4.78, 5) is 38.9. The first-order valence-electron chi connectivity index (χ1n) is 6.00. The van der Waals surface area contributed by atoms with E-state index in [1.165, 1.54) is 0 Å². The van der Waals surface area contributed by atoms with Gasteiger partial charge in [-0.3, -0.25) is 9.59 Å². The Bertz CT molecular complexity index is 709. The molecule has 0 bridgehead atoms. The highest BCUT2D eigenvalue weighted by molar-refractivity contribution is 5.91. The van der Waals surface area contributed by atoms with Gasteiger partial charge in [0.25, 0.3) is 11.5 Å². The number of hydrogen-bond acceptors (Lipinski definition) is 4. The fourth-order valence-electron chi connectivity index (χ4n) is 1.54. The van der Waals surface area contributed by atoms with Gasteiger partial charge in [-0.05, 0) is 18.2 Å². The van der Waals surface area contributed by atoms with Crippen LogP contribution in [0.3, 0.4) is 0 Å². The van der Waals surface area contributed by atoms with E-state index in [1.807, 2.05) is 6.07 Å². The van der Waals surface area contributed by atoms with E-state index in [0.717, 1.165) is 18.3 Å². The zero-order valence-corrected chi connectivity index (χ0v) is 10.9. The number of nitrogens with zero attached hydrogens (tertiary/aromatic N) is 1. The van der Waals surface area contributed by atoms with E-state index in [1.54, 1.807) is 24.3 Å². The Hall–Kier alpha value is -3.09. The molecule has 0 atom stereocenters. The van der Waals surface area contributed by atoms with E-state index in [0.29, 0.717) is 10.4 Å². The molecule has 7 nitrogen and oxygen atoms in total. The van der Waals surface area contributed by atoms with Crippen molar-refractivity contribution in [3.63, 3.8) is 0 Å². The van der Waals surface area contributed by atoms with Crippen LogP contribution in [0.5, 0.6) is 0 Å². The monoisotopic (exact) mass is 288 g/mol. The average molecular weight is 288 g/mol. The predicted octanol–water partition coefficient (Wildman–Crippen LogP) is 0.614. The van der Waals surface area contributed by atoms with Gasteiger partial charge in [0, 0.05) is 11.8 Å². The van der Waals surface area contributed by atoms with Gasteiger partial charge in [-0.2, -0.15) is 4.73 Å². The highest BCUT2D eigenvalue weighted by atomic mass is 16.7. The van der Waals surface area contributed by atoms with Gasteiger partial charge in [0.1, 0.15) is 0 Å². The summed E-state index contributed by atoms with van der Waals surface area (Å²) < 4.78 is 0.716. The fraction of sp³-hybridized carbons (Fsp3) is 0.0714. The lowest BCUT2D eigenvalue weighted by molar-refractivity contribution is -0.120. The van der Waals surface area contributed by atoms with Crippen LogP contribution < -0.4 is 15.7 Å². The summed E-state index contributed by atoms with van der Waals surface area (Å²) in [6, 6.07) is 11.0. The van der Waals surface area contributed by atoms with Crippen LogP contribution in [0.2, 0.25) is 0 Å². The van der Waals surface area contributed by atoms with Crippen molar-refractivity contribution in [1.82, 2.24) is 4.73 Å². The van der Waals surface area contributed by atoms with Gasteiger partial charge >= 0.3 is 5.97 Å². The van der Waals surface area contributed by atoms with Crippen LogP contribution in [0.25, 0.3) is 0 Å². The molecule has 0 spiro atoms. The maximum atomic E-state index is 11.6. The van der Waals surface area contributed by atoms with Gasteiger partial charge in [-0.1, -0.05) is 18.2 Å². The minimum atomic E-state index is -1.19. The molecule has 1 heterocycles. The molecule has 2 N–H and O–H groups in total. The molecule has 2 rings (SSSR count).